The van der Waals surface area contributed by atoms with Gasteiger partial charge in [0.25, 0.3) is 0 Å². The van der Waals surface area contributed by atoms with E-state index in [0.717, 1.165) is 11.3 Å². The van der Waals surface area contributed by atoms with E-state index in [9.17, 15) is 9.59 Å². The smallest absolute Gasteiger partial charge is 0.335 e. The van der Waals surface area contributed by atoms with Crippen LogP contribution in [-0.2, 0) is 4.79 Å². The van der Waals surface area contributed by atoms with Gasteiger partial charge in [0.2, 0.25) is 5.91 Å². The van der Waals surface area contributed by atoms with Crippen molar-refractivity contribution in [2.75, 3.05) is 11.4 Å². The molecule has 2 rings (SSSR count). The molecule has 1 fully saturated rings. The van der Waals surface area contributed by atoms with Crippen LogP contribution >= 0.6 is 11.6 Å². The monoisotopic (exact) mass is 267 g/mol. The number of carbonyl (C=O) groups excluding carboxylic acids is 1. The molecule has 0 radical (unpaired) electrons. The predicted molar refractivity (Wildman–Crippen MR) is 69.5 cm³/mol. The maximum atomic E-state index is 11.8. The summed E-state index contributed by atoms with van der Waals surface area (Å²) in [5.41, 5.74) is 2.52. The van der Waals surface area contributed by atoms with Crippen molar-refractivity contribution in [3.63, 3.8) is 0 Å². The van der Waals surface area contributed by atoms with Crippen LogP contribution in [0.1, 0.15) is 27.9 Å². The van der Waals surface area contributed by atoms with E-state index >= 15 is 0 Å². The molecule has 0 spiro atoms. The number of rotatable bonds is 2. The Bertz CT molecular complexity index is 527. The highest BCUT2D eigenvalue weighted by atomic mass is 35.5. The molecule has 1 aliphatic heterocycles. The molecular weight excluding hydrogens is 254 g/mol. The van der Waals surface area contributed by atoms with E-state index in [2.05, 4.69) is 0 Å². The molecule has 0 bridgehead atoms. The van der Waals surface area contributed by atoms with E-state index in [1.54, 1.807) is 17.9 Å². The van der Waals surface area contributed by atoms with Gasteiger partial charge in [0.1, 0.15) is 0 Å². The lowest BCUT2D eigenvalue weighted by Gasteiger charge is -2.20. The van der Waals surface area contributed by atoms with Gasteiger partial charge in [-0.15, -0.1) is 11.6 Å². The first-order valence-electron chi connectivity index (χ1n) is 5.69. The van der Waals surface area contributed by atoms with Crippen LogP contribution in [0, 0.1) is 13.8 Å². The number of alkyl halides is 1. The lowest BCUT2D eigenvalue weighted by atomic mass is 10.0. The van der Waals surface area contributed by atoms with Gasteiger partial charge < -0.3 is 10.0 Å². The highest BCUT2D eigenvalue weighted by Crippen LogP contribution is 2.30. The quantitative estimate of drug-likeness (QED) is 0.837. The Balaban J connectivity index is 2.45. The number of carbonyl (C=O) groups is 2. The molecule has 1 saturated heterocycles. The lowest BCUT2D eigenvalue weighted by Crippen LogP contribution is -2.26. The zero-order chi connectivity index (χ0) is 13.4. The maximum Gasteiger partial charge on any atom is 0.335 e. The van der Waals surface area contributed by atoms with Crippen molar-refractivity contribution < 1.29 is 14.7 Å². The third-order valence-electron chi connectivity index (χ3n) is 3.36. The van der Waals surface area contributed by atoms with Crippen LogP contribution in [0.3, 0.4) is 0 Å². The number of carboxylic acid groups (broad SMARTS) is 1. The largest absolute Gasteiger partial charge is 0.478 e. The first-order valence-corrected chi connectivity index (χ1v) is 6.13. The fourth-order valence-electron chi connectivity index (χ4n) is 2.23. The van der Waals surface area contributed by atoms with Crippen LogP contribution in [0.15, 0.2) is 12.1 Å². The fraction of sp³-hybridized carbons (Fsp3) is 0.385. The number of hydrogen-bond donors (Lipinski definition) is 1. The molecule has 1 aromatic rings. The molecule has 0 aliphatic carbocycles. The van der Waals surface area contributed by atoms with Crippen molar-refractivity contribution in [1.82, 2.24) is 0 Å². The summed E-state index contributed by atoms with van der Waals surface area (Å²) < 4.78 is 0. The number of carboxylic acids is 1. The van der Waals surface area contributed by atoms with E-state index in [1.165, 1.54) is 6.07 Å². The molecule has 96 valence electrons. The minimum absolute atomic E-state index is 0.0134. The van der Waals surface area contributed by atoms with Crippen molar-refractivity contribution >= 4 is 29.2 Å². The van der Waals surface area contributed by atoms with Gasteiger partial charge in [0, 0.05) is 18.7 Å². The normalized spacial score (nSPS) is 19.4. The summed E-state index contributed by atoms with van der Waals surface area (Å²) in [6.07, 6.45) is 0.334. The number of aromatic carboxylic acids is 1. The van der Waals surface area contributed by atoms with Gasteiger partial charge in [0.15, 0.2) is 0 Å². The Morgan fingerprint density at radius 1 is 1.39 bits per heavy atom. The molecular formula is C13H14ClNO3. The molecule has 1 N–H and O–H groups in total. The SMILES string of the molecule is Cc1c(C(=O)O)ccc(N2CC(Cl)CC2=O)c1C. The molecule has 1 atom stereocenters. The summed E-state index contributed by atoms with van der Waals surface area (Å²) in [4.78, 5) is 24.4. The Labute approximate surface area is 110 Å². The van der Waals surface area contributed by atoms with E-state index in [1.807, 2.05) is 6.92 Å². The molecule has 1 amide bonds. The molecule has 5 heteroatoms. The van der Waals surface area contributed by atoms with Gasteiger partial charge in [0.05, 0.1) is 10.9 Å². The predicted octanol–water partition coefficient (Wildman–Crippen LogP) is 2.35. The van der Waals surface area contributed by atoms with Gasteiger partial charge >= 0.3 is 5.97 Å². The van der Waals surface area contributed by atoms with Gasteiger partial charge in [-0.25, -0.2) is 4.79 Å². The standard InChI is InChI=1S/C13H14ClNO3/c1-7-8(2)11(4-3-10(7)13(17)18)15-6-9(14)5-12(15)16/h3-4,9H,5-6H2,1-2H3,(H,17,18). The van der Waals surface area contributed by atoms with Crippen molar-refractivity contribution in [3.05, 3.63) is 28.8 Å². The zero-order valence-corrected chi connectivity index (χ0v) is 11.0. The second-order valence-electron chi connectivity index (χ2n) is 4.49. The Kier molecular flexibility index (Phi) is 3.30. The van der Waals surface area contributed by atoms with Crippen molar-refractivity contribution in [3.8, 4) is 0 Å². The molecule has 0 saturated carbocycles. The summed E-state index contributed by atoms with van der Waals surface area (Å²) in [5, 5.41) is 8.87. The second-order valence-corrected chi connectivity index (χ2v) is 5.11. The van der Waals surface area contributed by atoms with Gasteiger partial charge in [-0.3, -0.25) is 4.79 Å². The maximum absolute atomic E-state index is 11.8. The summed E-state index contributed by atoms with van der Waals surface area (Å²) >= 11 is 5.97. The van der Waals surface area contributed by atoms with Gasteiger partial charge in [-0.05, 0) is 37.1 Å². The molecule has 0 aromatic heterocycles. The first kappa shape index (κ1) is 12.9. The highest BCUT2D eigenvalue weighted by molar-refractivity contribution is 6.24. The number of nitrogens with zero attached hydrogens (tertiary/aromatic N) is 1. The lowest BCUT2D eigenvalue weighted by molar-refractivity contribution is -0.117. The second kappa shape index (κ2) is 4.61. The minimum atomic E-state index is -0.954. The number of hydrogen-bond acceptors (Lipinski definition) is 2. The number of benzene rings is 1. The van der Waals surface area contributed by atoms with E-state index in [-0.39, 0.29) is 16.8 Å². The van der Waals surface area contributed by atoms with Crippen LogP contribution in [0.5, 0.6) is 0 Å². The number of anilines is 1. The molecule has 18 heavy (non-hydrogen) atoms. The third kappa shape index (κ3) is 2.08. The van der Waals surface area contributed by atoms with Crippen LogP contribution in [0.2, 0.25) is 0 Å². The average Bonchev–Trinajstić information content (AvgIpc) is 2.61. The summed E-state index contributed by atoms with van der Waals surface area (Å²) in [6.45, 7) is 4.06. The van der Waals surface area contributed by atoms with Crippen LogP contribution in [0.4, 0.5) is 5.69 Å². The molecule has 4 nitrogen and oxygen atoms in total. The summed E-state index contributed by atoms with van der Waals surface area (Å²) in [6, 6.07) is 3.22. The highest BCUT2D eigenvalue weighted by Gasteiger charge is 2.30. The number of amides is 1. The fourth-order valence-corrected chi connectivity index (χ4v) is 2.50. The van der Waals surface area contributed by atoms with E-state index in [0.29, 0.717) is 18.5 Å². The Morgan fingerprint density at radius 2 is 2.06 bits per heavy atom. The summed E-state index contributed by atoms with van der Waals surface area (Å²) in [7, 11) is 0. The van der Waals surface area contributed by atoms with Crippen LogP contribution < -0.4 is 4.90 Å². The third-order valence-corrected chi connectivity index (χ3v) is 3.65. The van der Waals surface area contributed by atoms with Crippen molar-refractivity contribution in [1.29, 1.82) is 0 Å². The van der Waals surface area contributed by atoms with Crippen LogP contribution in [0.25, 0.3) is 0 Å². The van der Waals surface area contributed by atoms with E-state index < -0.39 is 5.97 Å². The average molecular weight is 268 g/mol. The molecule has 1 unspecified atom stereocenters. The van der Waals surface area contributed by atoms with Crippen molar-refractivity contribution in [2.24, 2.45) is 0 Å². The topological polar surface area (TPSA) is 57.6 Å². The van der Waals surface area contributed by atoms with Crippen molar-refractivity contribution in [2.45, 2.75) is 25.6 Å². The van der Waals surface area contributed by atoms with Gasteiger partial charge in [-0.2, -0.15) is 0 Å². The minimum Gasteiger partial charge on any atom is -0.478 e. The van der Waals surface area contributed by atoms with Crippen LogP contribution in [-0.4, -0.2) is 28.9 Å². The number of halogens is 1. The Morgan fingerprint density at radius 3 is 2.56 bits per heavy atom. The van der Waals surface area contributed by atoms with Gasteiger partial charge in [-0.1, -0.05) is 0 Å². The zero-order valence-electron chi connectivity index (χ0n) is 10.2. The summed E-state index contributed by atoms with van der Waals surface area (Å²) in [5.74, 6) is -0.967. The van der Waals surface area contributed by atoms with E-state index in [4.69, 9.17) is 16.7 Å². The molecule has 1 aliphatic rings. The first-order chi connectivity index (χ1) is 8.41. The molecule has 1 heterocycles. The molecule has 1 aromatic carbocycles. The Hall–Kier alpha value is -1.55.